The highest BCUT2D eigenvalue weighted by atomic mass is 16.5. The maximum absolute atomic E-state index is 12.8. The van der Waals surface area contributed by atoms with Crippen molar-refractivity contribution >= 4 is 11.6 Å². The molecule has 0 radical (unpaired) electrons. The normalized spacial score (nSPS) is 33.6. The van der Waals surface area contributed by atoms with Crippen molar-refractivity contribution in [3.63, 3.8) is 0 Å². The zero-order valence-corrected chi connectivity index (χ0v) is 11.6. The standard InChI is InChI=1S/C16H19NO2/c1-11-8-9-12(2)16(19-10-11)13-6-4-5-7-14(13)17(3)15(16)18/h4-9,11-12H,10H2,1-3H3/t11-,12-,16-/m1/s1. The molecule has 0 unspecified atom stereocenters. The monoisotopic (exact) mass is 257 g/mol. The fraction of sp³-hybridized carbons (Fsp3) is 0.438. The van der Waals surface area contributed by atoms with Gasteiger partial charge in [-0.05, 0) is 12.0 Å². The summed E-state index contributed by atoms with van der Waals surface area (Å²) in [5.41, 5.74) is 1.11. The largest absolute Gasteiger partial charge is 0.359 e. The van der Waals surface area contributed by atoms with E-state index in [1.54, 1.807) is 4.90 Å². The predicted molar refractivity (Wildman–Crippen MR) is 75.0 cm³/mol. The highest BCUT2D eigenvalue weighted by Crippen LogP contribution is 2.48. The average Bonchev–Trinajstić information content (AvgIpc) is 2.55. The molecular weight excluding hydrogens is 238 g/mol. The van der Waals surface area contributed by atoms with Gasteiger partial charge in [0.2, 0.25) is 0 Å². The molecule has 0 bridgehead atoms. The van der Waals surface area contributed by atoms with Crippen LogP contribution in [0.1, 0.15) is 19.4 Å². The number of carbonyl (C=O) groups excluding carboxylic acids is 1. The van der Waals surface area contributed by atoms with Gasteiger partial charge < -0.3 is 9.64 Å². The van der Waals surface area contributed by atoms with Crippen molar-refractivity contribution in [2.24, 2.45) is 11.8 Å². The molecule has 3 atom stereocenters. The molecule has 0 aromatic heterocycles. The van der Waals surface area contributed by atoms with Crippen molar-refractivity contribution in [3.05, 3.63) is 42.0 Å². The number of ether oxygens (including phenoxy) is 1. The lowest BCUT2D eigenvalue weighted by Gasteiger charge is -2.31. The van der Waals surface area contributed by atoms with Crippen LogP contribution in [0.15, 0.2) is 36.4 Å². The number of likely N-dealkylation sites (N-methyl/N-ethyl adjacent to an activating group) is 1. The molecule has 0 aliphatic carbocycles. The summed E-state index contributed by atoms with van der Waals surface area (Å²) in [6.45, 7) is 4.74. The van der Waals surface area contributed by atoms with Gasteiger partial charge in [0.15, 0.2) is 5.60 Å². The molecule has 2 aliphatic rings. The van der Waals surface area contributed by atoms with Gasteiger partial charge in [-0.1, -0.05) is 44.2 Å². The Balaban J connectivity index is 2.18. The van der Waals surface area contributed by atoms with Crippen LogP contribution in [0, 0.1) is 11.8 Å². The highest BCUT2D eigenvalue weighted by Gasteiger charge is 2.54. The molecule has 100 valence electrons. The van der Waals surface area contributed by atoms with Crippen LogP contribution in [0.25, 0.3) is 0 Å². The van der Waals surface area contributed by atoms with Gasteiger partial charge in [-0.3, -0.25) is 4.79 Å². The van der Waals surface area contributed by atoms with Crippen molar-refractivity contribution in [1.29, 1.82) is 0 Å². The summed E-state index contributed by atoms with van der Waals surface area (Å²) in [6.07, 6.45) is 4.26. The van der Waals surface area contributed by atoms with Gasteiger partial charge in [0, 0.05) is 18.5 Å². The lowest BCUT2D eigenvalue weighted by atomic mass is 9.83. The maximum atomic E-state index is 12.8. The Morgan fingerprint density at radius 3 is 2.79 bits per heavy atom. The number of fused-ring (bicyclic) bond motifs is 2. The van der Waals surface area contributed by atoms with Gasteiger partial charge in [-0.15, -0.1) is 0 Å². The lowest BCUT2D eigenvalue weighted by molar-refractivity contribution is -0.149. The molecule has 1 aromatic rings. The Hall–Kier alpha value is -1.61. The molecule has 0 saturated carbocycles. The zero-order valence-electron chi connectivity index (χ0n) is 11.6. The summed E-state index contributed by atoms with van der Waals surface area (Å²) < 4.78 is 6.13. The SMILES string of the molecule is C[C@@H]1C=C[C@@H](C)[C@]2(OC1)C(=O)N(C)c1ccccc12. The Labute approximate surface area is 113 Å². The Morgan fingerprint density at radius 1 is 1.26 bits per heavy atom. The minimum absolute atomic E-state index is 0.0380. The molecular formula is C16H19NO2. The maximum Gasteiger partial charge on any atom is 0.264 e. The second-order valence-electron chi connectivity index (χ2n) is 5.58. The van der Waals surface area contributed by atoms with E-state index in [0.717, 1.165) is 11.3 Å². The predicted octanol–water partition coefficient (Wildman–Crippen LogP) is 2.72. The van der Waals surface area contributed by atoms with Crippen LogP contribution in [-0.2, 0) is 15.1 Å². The quantitative estimate of drug-likeness (QED) is 0.669. The molecule has 0 fully saturated rings. The molecule has 0 saturated heterocycles. The van der Waals surface area contributed by atoms with Crippen LogP contribution in [0.5, 0.6) is 0 Å². The molecule has 1 spiro atoms. The van der Waals surface area contributed by atoms with Crippen LogP contribution in [-0.4, -0.2) is 19.6 Å². The summed E-state index contributed by atoms with van der Waals surface area (Å²) in [6, 6.07) is 7.93. The minimum Gasteiger partial charge on any atom is -0.359 e. The van der Waals surface area contributed by atoms with Gasteiger partial charge in [0.25, 0.3) is 5.91 Å². The fourth-order valence-corrected chi connectivity index (χ4v) is 3.08. The summed E-state index contributed by atoms with van der Waals surface area (Å²) in [4.78, 5) is 14.5. The number of rotatable bonds is 0. The number of benzene rings is 1. The topological polar surface area (TPSA) is 29.5 Å². The van der Waals surface area contributed by atoms with Crippen molar-refractivity contribution in [2.75, 3.05) is 18.6 Å². The molecule has 3 rings (SSSR count). The van der Waals surface area contributed by atoms with Crippen LogP contribution in [0.4, 0.5) is 5.69 Å². The summed E-state index contributed by atoms with van der Waals surface area (Å²) in [5.74, 6) is 0.420. The molecule has 3 heteroatoms. The number of nitrogens with zero attached hydrogens (tertiary/aromatic N) is 1. The third-order valence-corrected chi connectivity index (χ3v) is 4.23. The van der Waals surface area contributed by atoms with Crippen molar-refractivity contribution in [2.45, 2.75) is 19.4 Å². The van der Waals surface area contributed by atoms with Gasteiger partial charge >= 0.3 is 0 Å². The molecule has 0 N–H and O–H groups in total. The number of hydrogen-bond donors (Lipinski definition) is 0. The van der Waals surface area contributed by atoms with E-state index in [1.807, 2.05) is 31.3 Å². The highest BCUT2D eigenvalue weighted by molar-refractivity contribution is 6.07. The summed E-state index contributed by atoms with van der Waals surface area (Å²) >= 11 is 0. The molecule has 1 aromatic carbocycles. The smallest absolute Gasteiger partial charge is 0.264 e. The molecule has 2 aliphatic heterocycles. The Kier molecular flexibility index (Phi) is 2.75. The van der Waals surface area contributed by atoms with Crippen LogP contribution in [0.3, 0.4) is 0 Å². The van der Waals surface area contributed by atoms with E-state index < -0.39 is 5.60 Å². The fourth-order valence-electron chi connectivity index (χ4n) is 3.08. The molecule has 1 amide bonds. The molecule has 2 heterocycles. The van der Waals surface area contributed by atoms with Crippen molar-refractivity contribution < 1.29 is 9.53 Å². The Bertz CT molecular complexity index is 551. The number of anilines is 1. The van der Waals surface area contributed by atoms with Gasteiger partial charge in [-0.25, -0.2) is 0 Å². The summed E-state index contributed by atoms with van der Waals surface area (Å²) in [7, 11) is 1.82. The van der Waals surface area contributed by atoms with Crippen LogP contribution < -0.4 is 4.90 Å². The second kappa shape index (κ2) is 4.20. The Morgan fingerprint density at radius 2 is 2.00 bits per heavy atom. The minimum atomic E-state index is -0.841. The van der Waals surface area contributed by atoms with E-state index in [-0.39, 0.29) is 11.8 Å². The number of carbonyl (C=O) groups is 1. The number of amides is 1. The average molecular weight is 257 g/mol. The lowest BCUT2D eigenvalue weighted by Crippen LogP contribution is -2.45. The van der Waals surface area contributed by atoms with Crippen LogP contribution in [0.2, 0.25) is 0 Å². The summed E-state index contributed by atoms with van der Waals surface area (Å²) in [5, 5.41) is 0. The molecule has 3 nitrogen and oxygen atoms in total. The third-order valence-electron chi connectivity index (χ3n) is 4.23. The van der Waals surface area contributed by atoms with Gasteiger partial charge in [0.05, 0.1) is 12.3 Å². The first-order chi connectivity index (χ1) is 9.07. The molecule has 19 heavy (non-hydrogen) atoms. The number of para-hydroxylation sites is 1. The van der Waals surface area contributed by atoms with Crippen LogP contribution >= 0.6 is 0 Å². The first-order valence-electron chi connectivity index (χ1n) is 6.77. The van der Waals surface area contributed by atoms with E-state index in [0.29, 0.717) is 12.5 Å². The van der Waals surface area contributed by atoms with E-state index in [1.165, 1.54) is 0 Å². The first-order valence-corrected chi connectivity index (χ1v) is 6.77. The van der Waals surface area contributed by atoms with E-state index in [9.17, 15) is 4.79 Å². The first kappa shape index (κ1) is 12.4. The van der Waals surface area contributed by atoms with Crippen molar-refractivity contribution in [1.82, 2.24) is 0 Å². The second-order valence-corrected chi connectivity index (χ2v) is 5.58. The van der Waals surface area contributed by atoms with E-state index >= 15 is 0 Å². The van der Waals surface area contributed by atoms with E-state index in [4.69, 9.17) is 4.74 Å². The van der Waals surface area contributed by atoms with Gasteiger partial charge in [-0.2, -0.15) is 0 Å². The van der Waals surface area contributed by atoms with E-state index in [2.05, 4.69) is 26.0 Å². The third kappa shape index (κ3) is 1.58. The number of hydrogen-bond acceptors (Lipinski definition) is 2. The zero-order chi connectivity index (χ0) is 13.6. The van der Waals surface area contributed by atoms with Crippen molar-refractivity contribution in [3.8, 4) is 0 Å². The van der Waals surface area contributed by atoms with Gasteiger partial charge in [0.1, 0.15) is 0 Å².